The van der Waals surface area contributed by atoms with Crippen LogP contribution in [0.4, 0.5) is 4.39 Å². The van der Waals surface area contributed by atoms with E-state index in [0.29, 0.717) is 5.56 Å². The molecule has 0 heterocycles. The lowest BCUT2D eigenvalue weighted by Gasteiger charge is -2.06. The van der Waals surface area contributed by atoms with Gasteiger partial charge in [-0.3, -0.25) is 0 Å². The van der Waals surface area contributed by atoms with E-state index >= 15 is 0 Å². The van der Waals surface area contributed by atoms with Crippen LogP contribution in [-0.2, 0) is 0 Å². The molecule has 0 saturated carbocycles. The predicted octanol–water partition coefficient (Wildman–Crippen LogP) is 2.42. The van der Waals surface area contributed by atoms with E-state index in [1.54, 1.807) is 18.2 Å². The first-order valence-electron chi connectivity index (χ1n) is 3.34. The van der Waals surface area contributed by atoms with Gasteiger partial charge in [0.15, 0.2) is 0 Å². The van der Waals surface area contributed by atoms with Crippen LogP contribution in [0.15, 0.2) is 28.7 Å². The van der Waals surface area contributed by atoms with Crippen LogP contribution < -0.4 is 5.73 Å². The summed E-state index contributed by atoms with van der Waals surface area (Å²) >= 11 is 3.24. The second-order valence-corrected chi connectivity index (χ2v) is 3.08. The highest BCUT2D eigenvalue weighted by Gasteiger charge is 2.09. The summed E-state index contributed by atoms with van der Waals surface area (Å²) in [5, 5.41) is 0. The second kappa shape index (κ2) is 3.83. The Hall–Kier alpha value is -0.410. The van der Waals surface area contributed by atoms with Crippen molar-refractivity contribution in [1.29, 1.82) is 0 Å². The number of benzene rings is 1. The molecule has 0 bridgehead atoms. The molecule has 1 aromatic carbocycles. The van der Waals surface area contributed by atoms with Crippen molar-refractivity contribution in [3.63, 3.8) is 0 Å². The molecule has 0 radical (unpaired) electrons. The first kappa shape index (κ1) is 8.68. The zero-order valence-corrected chi connectivity index (χ0v) is 7.51. The van der Waals surface area contributed by atoms with Gasteiger partial charge in [-0.15, -0.1) is 0 Å². The van der Waals surface area contributed by atoms with Gasteiger partial charge in [-0.25, -0.2) is 4.39 Å². The minimum Gasteiger partial charge on any atom is -0.327 e. The highest BCUT2D eigenvalue weighted by molar-refractivity contribution is 9.10. The summed E-state index contributed by atoms with van der Waals surface area (Å²) in [6, 6.07) is 7.17. The van der Waals surface area contributed by atoms with E-state index in [1.165, 1.54) is 0 Å². The molecule has 0 aliphatic carbocycles. The van der Waals surface area contributed by atoms with Gasteiger partial charge in [0.25, 0.3) is 0 Å². The normalized spacial score (nSPS) is 13.0. The van der Waals surface area contributed by atoms with Gasteiger partial charge in [-0.1, -0.05) is 34.1 Å². The Morgan fingerprint density at radius 3 is 2.64 bits per heavy atom. The van der Waals surface area contributed by atoms with Crippen LogP contribution in [0.5, 0.6) is 0 Å². The molecule has 11 heavy (non-hydrogen) atoms. The third kappa shape index (κ3) is 2.01. The molecule has 1 nitrogen and oxygen atoms in total. The average Bonchev–Trinajstić information content (AvgIpc) is 2.04. The van der Waals surface area contributed by atoms with Gasteiger partial charge < -0.3 is 5.73 Å². The maximum atomic E-state index is 13.0. The standard InChI is InChI=1S/C8H9BrFN/c9-7-4-2-1-3-6(7)8(10)5-11/h1-4,8H,5,11H2/t8-/m0/s1. The lowest BCUT2D eigenvalue weighted by atomic mass is 10.1. The van der Waals surface area contributed by atoms with Crippen molar-refractivity contribution in [2.75, 3.05) is 6.54 Å². The number of alkyl halides is 1. The fraction of sp³-hybridized carbons (Fsp3) is 0.250. The molecule has 0 aromatic heterocycles. The van der Waals surface area contributed by atoms with Gasteiger partial charge in [-0.2, -0.15) is 0 Å². The SMILES string of the molecule is NC[C@H](F)c1ccccc1Br. The van der Waals surface area contributed by atoms with E-state index in [1.807, 2.05) is 6.07 Å². The Labute approximate surface area is 73.5 Å². The molecule has 0 unspecified atom stereocenters. The van der Waals surface area contributed by atoms with Crippen LogP contribution in [0.25, 0.3) is 0 Å². The first-order valence-corrected chi connectivity index (χ1v) is 4.13. The van der Waals surface area contributed by atoms with E-state index in [9.17, 15) is 4.39 Å². The molecule has 0 saturated heterocycles. The van der Waals surface area contributed by atoms with Gasteiger partial charge in [0.2, 0.25) is 0 Å². The number of halogens is 2. The smallest absolute Gasteiger partial charge is 0.138 e. The summed E-state index contributed by atoms with van der Waals surface area (Å²) in [4.78, 5) is 0. The highest BCUT2D eigenvalue weighted by atomic mass is 79.9. The Kier molecular flexibility index (Phi) is 3.02. The predicted molar refractivity (Wildman–Crippen MR) is 47.0 cm³/mol. The topological polar surface area (TPSA) is 26.0 Å². The Morgan fingerprint density at radius 2 is 2.09 bits per heavy atom. The average molecular weight is 218 g/mol. The van der Waals surface area contributed by atoms with Crippen LogP contribution in [0.3, 0.4) is 0 Å². The van der Waals surface area contributed by atoms with Crippen molar-refractivity contribution >= 4 is 15.9 Å². The van der Waals surface area contributed by atoms with Crippen LogP contribution in [0.1, 0.15) is 11.7 Å². The molecule has 1 rings (SSSR count). The van der Waals surface area contributed by atoms with Crippen molar-refractivity contribution in [2.45, 2.75) is 6.17 Å². The van der Waals surface area contributed by atoms with Gasteiger partial charge in [-0.05, 0) is 6.07 Å². The third-order valence-corrected chi connectivity index (χ3v) is 2.17. The van der Waals surface area contributed by atoms with Gasteiger partial charge >= 0.3 is 0 Å². The summed E-state index contributed by atoms with van der Waals surface area (Å²) in [6.07, 6.45) is -1.06. The summed E-state index contributed by atoms with van der Waals surface area (Å²) in [5.74, 6) is 0. The van der Waals surface area contributed by atoms with Crippen LogP contribution in [-0.4, -0.2) is 6.54 Å². The lowest BCUT2D eigenvalue weighted by Crippen LogP contribution is -2.07. The van der Waals surface area contributed by atoms with Crippen LogP contribution >= 0.6 is 15.9 Å². The Morgan fingerprint density at radius 1 is 1.45 bits per heavy atom. The molecule has 1 atom stereocenters. The zero-order valence-electron chi connectivity index (χ0n) is 5.93. The maximum absolute atomic E-state index is 13.0. The maximum Gasteiger partial charge on any atom is 0.138 e. The largest absolute Gasteiger partial charge is 0.327 e. The van der Waals surface area contributed by atoms with Crippen molar-refractivity contribution in [2.24, 2.45) is 5.73 Å². The Bertz CT molecular complexity index is 239. The van der Waals surface area contributed by atoms with Crippen LogP contribution in [0, 0.1) is 0 Å². The van der Waals surface area contributed by atoms with E-state index < -0.39 is 6.17 Å². The second-order valence-electron chi connectivity index (χ2n) is 2.22. The highest BCUT2D eigenvalue weighted by Crippen LogP contribution is 2.24. The number of rotatable bonds is 2. The molecule has 0 aliphatic heterocycles. The van der Waals surface area contributed by atoms with Crippen molar-refractivity contribution < 1.29 is 4.39 Å². The van der Waals surface area contributed by atoms with E-state index in [2.05, 4.69) is 15.9 Å². The van der Waals surface area contributed by atoms with E-state index in [-0.39, 0.29) is 6.54 Å². The van der Waals surface area contributed by atoms with Crippen molar-refractivity contribution in [3.05, 3.63) is 34.3 Å². The van der Waals surface area contributed by atoms with Gasteiger partial charge in [0, 0.05) is 16.6 Å². The molecule has 0 aliphatic rings. The number of hydrogen-bond acceptors (Lipinski definition) is 1. The van der Waals surface area contributed by atoms with Crippen molar-refractivity contribution in [3.8, 4) is 0 Å². The molecule has 1 aromatic rings. The fourth-order valence-corrected chi connectivity index (χ4v) is 1.39. The summed E-state index contributed by atoms with van der Waals surface area (Å²) in [6.45, 7) is 0.0304. The molecule has 3 heteroatoms. The molecule has 2 N–H and O–H groups in total. The third-order valence-electron chi connectivity index (χ3n) is 1.45. The van der Waals surface area contributed by atoms with Crippen LogP contribution in [0.2, 0.25) is 0 Å². The molecular formula is C8H9BrFN. The van der Waals surface area contributed by atoms with Crippen molar-refractivity contribution in [1.82, 2.24) is 0 Å². The molecule has 0 amide bonds. The molecule has 0 spiro atoms. The number of hydrogen-bond donors (Lipinski definition) is 1. The molecule has 60 valence electrons. The number of nitrogens with two attached hydrogens (primary N) is 1. The first-order chi connectivity index (χ1) is 5.25. The Balaban J connectivity index is 2.93. The summed E-state index contributed by atoms with van der Waals surface area (Å²) in [7, 11) is 0. The minimum absolute atomic E-state index is 0.0304. The summed E-state index contributed by atoms with van der Waals surface area (Å²) in [5.41, 5.74) is 5.80. The monoisotopic (exact) mass is 217 g/mol. The fourth-order valence-electron chi connectivity index (χ4n) is 0.856. The van der Waals surface area contributed by atoms with Gasteiger partial charge in [0.05, 0.1) is 0 Å². The summed E-state index contributed by atoms with van der Waals surface area (Å²) < 4.78 is 13.7. The zero-order chi connectivity index (χ0) is 8.27. The molecule has 0 fully saturated rings. The van der Waals surface area contributed by atoms with Gasteiger partial charge in [0.1, 0.15) is 6.17 Å². The molecular weight excluding hydrogens is 209 g/mol. The quantitative estimate of drug-likeness (QED) is 0.810. The minimum atomic E-state index is -1.06. The van der Waals surface area contributed by atoms with E-state index in [0.717, 1.165) is 4.47 Å². The lowest BCUT2D eigenvalue weighted by molar-refractivity contribution is 0.351. The van der Waals surface area contributed by atoms with E-state index in [4.69, 9.17) is 5.73 Å².